The Hall–Kier alpha value is -4.05. The van der Waals surface area contributed by atoms with E-state index in [1.165, 1.54) is 61.8 Å². The third-order valence-electron chi connectivity index (χ3n) is 5.75. The van der Waals surface area contributed by atoms with Crippen molar-refractivity contribution in [1.29, 1.82) is 0 Å². The molecule has 3 aromatic rings. The molecule has 1 N–H and O–H groups in total. The molecule has 1 atom stereocenters. The van der Waals surface area contributed by atoms with Gasteiger partial charge in [0.15, 0.2) is 5.78 Å². The Balaban J connectivity index is 1.77. The van der Waals surface area contributed by atoms with Crippen LogP contribution in [0.5, 0.6) is 16.7 Å². The van der Waals surface area contributed by atoms with Crippen molar-refractivity contribution < 1.29 is 33.0 Å². The first-order chi connectivity index (χ1) is 18.1. The van der Waals surface area contributed by atoms with Gasteiger partial charge >= 0.3 is 11.6 Å². The molecule has 0 bridgehead atoms. The van der Waals surface area contributed by atoms with Gasteiger partial charge in [-0.1, -0.05) is 24.3 Å². The molecule has 3 rings (SSSR count). The predicted molar refractivity (Wildman–Crippen MR) is 141 cm³/mol. The summed E-state index contributed by atoms with van der Waals surface area (Å²) in [6.45, 7) is 5.17. The van der Waals surface area contributed by atoms with Crippen molar-refractivity contribution in [2.45, 2.75) is 46.0 Å². The van der Waals surface area contributed by atoms with Crippen LogP contribution >= 0.6 is 11.3 Å². The number of thiazole rings is 1. The Morgan fingerprint density at radius 2 is 1.97 bits per heavy atom. The number of Topliss-reactive ketones (excluding diaryl/α,β-unsaturated/α-hetero) is 1. The van der Waals surface area contributed by atoms with Crippen LogP contribution in [0.2, 0.25) is 0 Å². The van der Waals surface area contributed by atoms with Gasteiger partial charge in [-0.3, -0.25) is 4.79 Å². The molecule has 1 aromatic carbocycles. The number of aromatic hydroxyl groups is 1. The minimum atomic E-state index is -0.928. The number of carbonyl (C=O) groups excluding carboxylic acids is 2. The molecule has 10 heteroatoms. The van der Waals surface area contributed by atoms with Crippen molar-refractivity contribution in [3.05, 3.63) is 86.2 Å². The van der Waals surface area contributed by atoms with Gasteiger partial charge in [0.05, 0.1) is 17.7 Å². The molecule has 0 spiro atoms. The molecule has 0 radical (unpaired) electrons. The van der Waals surface area contributed by atoms with E-state index in [1.54, 1.807) is 19.1 Å². The number of ketones is 1. The molecule has 2 aromatic heterocycles. The number of carbonyl (C=O) groups is 2. The first-order valence-corrected chi connectivity index (χ1v) is 12.7. The molecule has 38 heavy (non-hydrogen) atoms. The van der Waals surface area contributed by atoms with Gasteiger partial charge in [-0.05, 0) is 69.0 Å². The zero-order chi connectivity index (χ0) is 27.8. The summed E-state index contributed by atoms with van der Waals surface area (Å²) in [6.07, 6.45) is 6.25. The molecular weight excluding hydrogens is 513 g/mol. The zero-order valence-electron chi connectivity index (χ0n) is 21.4. The van der Waals surface area contributed by atoms with Crippen LogP contribution in [0.4, 0.5) is 4.39 Å². The summed E-state index contributed by atoms with van der Waals surface area (Å²) in [6, 6.07) is 6.79. The van der Waals surface area contributed by atoms with E-state index in [2.05, 4.69) is 9.72 Å². The summed E-state index contributed by atoms with van der Waals surface area (Å²) < 4.78 is 28.8. The Kier molecular flexibility index (Phi) is 9.72. The number of ether oxygens (including phenoxy) is 2. The van der Waals surface area contributed by atoms with Crippen molar-refractivity contribution in [2.75, 3.05) is 7.11 Å². The predicted octanol–water partition coefficient (Wildman–Crippen LogP) is 6.33. The Labute approximate surface area is 223 Å². The largest absolute Gasteiger partial charge is 0.507 e. The van der Waals surface area contributed by atoms with Gasteiger partial charge in [-0.15, -0.1) is 0 Å². The summed E-state index contributed by atoms with van der Waals surface area (Å²) in [5.41, 5.74) is -0.589. The lowest BCUT2D eigenvalue weighted by atomic mass is 9.95. The number of hydrogen-bond donors (Lipinski definition) is 1. The highest BCUT2D eigenvalue weighted by Gasteiger charge is 2.23. The van der Waals surface area contributed by atoms with E-state index in [-0.39, 0.29) is 23.1 Å². The Bertz CT molecular complexity index is 1420. The molecule has 1 unspecified atom stereocenters. The average molecular weight is 542 g/mol. The fourth-order valence-electron chi connectivity index (χ4n) is 3.62. The minimum absolute atomic E-state index is 0.195. The van der Waals surface area contributed by atoms with Crippen LogP contribution in [0, 0.1) is 12.7 Å². The number of rotatable bonds is 11. The van der Waals surface area contributed by atoms with E-state index in [0.29, 0.717) is 40.8 Å². The molecule has 0 aliphatic carbocycles. The summed E-state index contributed by atoms with van der Waals surface area (Å²) in [4.78, 5) is 41.9. The van der Waals surface area contributed by atoms with Gasteiger partial charge in [0.2, 0.25) is 0 Å². The number of esters is 1. The smallest absolute Gasteiger partial charge is 0.351 e. The molecule has 0 amide bonds. The number of hydrogen-bond acceptors (Lipinski definition) is 9. The van der Waals surface area contributed by atoms with E-state index in [9.17, 15) is 23.9 Å². The molecule has 0 aliphatic heterocycles. The van der Waals surface area contributed by atoms with E-state index in [0.717, 1.165) is 0 Å². The maximum Gasteiger partial charge on any atom is 0.351 e. The standard InChI is InChI=1S/C28H28FNO7S/c1-5-18(8-6-7-9-24(32)35-4)22-15-21(31)25(27(34)37-22)26(33)16(2)14-23-17(3)30-28(38-23)36-20-12-10-19(29)11-13-20/h7,9-15,18,31H,5-6,8H2,1-4H3/b9-7+,16-14+. The van der Waals surface area contributed by atoms with Gasteiger partial charge in [0, 0.05) is 18.1 Å². The van der Waals surface area contributed by atoms with Gasteiger partial charge in [-0.25, -0.2) is 19.0 Å². The Morgan fingerprint density at radius 1 is 1.26 bits per heavy atom. The normalized spacial score (nSPS) is 12.5. The van der Waals surface area contributed by atoms with Crippen molar-refractivity contribution in [3.8, 4) is 16.7 Å². The lowest BCUT2D eigenvalue weighted by molar-refractivity contribution is -0.134. The molecule has 0 saturated carbocycles. The summed E-state index contributed by atoms with van der Waals surface area (Å²) in [5, 5.41) is 10.9. The first kappa shape index (κ1) is 28.5. The van der Waals surface area contributed by atoms with Crippen LogP contribution in [0.15, 0.2) is 57.3 Å². The third-order valence-corrected chi connectivity index (χ3v) is 6.73. The molecule has 0 aliphatic rings. The van der Waals surface area contributed by atoms with E-state index in [4.69, 9.17) is 9.15 Å². The van der Waals surface area contributed by atoms with Crippen molar-refractivity contribution in [3.63, 3.8) is 0 Å². The van der Waals surface area contributed by atoms with Crippen LogP contribution in [-0.2, 0) is 9.53 Å². The highest BCUT2D eigenvalue weighted by molar-refractivity contribution is 7.14. The molecule has 0 saturated heterocycles. The van der Waals surface area contributed by atoms with Crippen LogP contribution in [-0.4, -0.2) is 29.0 Å². The molecule has 8 nitrogen and oxygen atoms in total. The van der Waals surface area contributed by atoms with Crippen molar-refractivity contribution >= 4 is 29.2 Å². The maximum atomic E-state index is 13.1. The second-order valence-corrected chi connectivity index (χ2v) is 9.44. The van der Waals surface area contributed by atoms with Crippen molar-refractivity contribution in [1.82, 2.24) is 4.98 Å². The van der Waals surface area contributed by atoms with Crippen molar-refractivity contribution in [2.24, 2.45) is 0 Å². The minimum Gasteiger partial charge on any atom is -0.507 e. The van der Waals surface area contributed by atoms with Crippen LogP contribution < -0.4 is 10.4 Å². The quantitative estimate of drug-likeness (QED) is 0.170. The van der Waals surface area contributed by atoms with Gasteiger partial charge in [0.1, 0.15) is 28.6 Å². The first-order valence-electron chi connectivity index (χ1n) is 11.9. The highest BCUT2D eigenvalue weighted by atomic mass is 32.1. The van der Waals surface area contributed by atoms with E-state index < -0.39 is 28.7 Å². The third kappa shape index (κ3) is 7.25. The zero-order valence-corrected chi connectivity index (χ0v) is 22.3. The lowest BCUT2D eigenvalue weighted by Crippen LogP contribution is -2.17. The summed E-state index contributed by atoms with van der Waals surface area (Å²) in [5.74, 6) is -1.50. The average Bonchev–Trinajstić information content (AvgIpc) is 3.22. The summed E-state index contributed by atoms with van der Waals surface area (Å²) >= 11 is 1.18. The van der Waals surface area contributed by atoms with Gasteiger partial charge in [0.25, 0.3) is 5.19 Å². The van der Waals surface area contributed by atoms with Crippen LogP contribution in [0.25, 0.3) is 6.08 Å². The van der Waals surface area contributed by atoms with Gasteiger partial charge < -0.3 is 19.0 Å². The number of methoxy groups -OCH3 is 1. The van der Waals surface area contributed by atoms with E-state index >= 15 is 0 Å². The number of halogens is 1. The maximum absolute atomic E-state index is 13.1. The monoisotopic (exact) mass is 541 g/mol. The van der Waals surface area contributed by atoms with E-state index in [1.807, 2.05) is 6.92 Å². The fraction of sp³-hybridized carbons (Fsp3) is 0.286. The topological polar surface area (TPSA) is 116 Å². The number of aryl methyl sites for hydroxylation is 1. The Morgan fingerprint density at radius 3 is 2.61 bits per heavy atom. The molecule has 0 fully saturated rings. The van der Waals surface area contributed by atoms with Gasteiger partial charge in [-0.2, -0.15) is 0 Å². The second-order valence-electron chi connectivity index (χ2n) is 8.45. The summed E-state index contributed by atoms with van der Waals surface area (Å²) in [7, 11) is 1.29. The molecule has 2 heterocycles. The number of allylic oxidation sites excluding steroid dienone is 2. The number of benzene rings is 1. The fourth-order valence-corrected chi connectivity index (χ4v) is 4.56. The number of nitrogens with zero attached hydrogens (tertiary/aromatic N) is 1. The van der Waals surface area contributed by atoms with Crippen LogP contribution in [0.3, 0.4) is 0 Å². The molecular formula is C28H28FNO7S. The lowest BCUT2D eigenvalue weighted by Gasteiger charge is -2.13. The number of aromatic nitrogens is 1. The second kappa shape index (κ2) is 13.0. The highest BCUT2D eigenvalue weighted by Crippen LogP contribution is 2.32. The SMILES string of the molecule is CCC(CC/C=C/C(=O)OC)c1cc(O)c(C(=O)/C(C)=C/c2sc(Oc3ccc(F)cc3)nc2C)c(=O)o1. The molecule has 200 valence electrons. The van der Waals surface area contributed by atoms with Crippen LogP contribution in [0.1, 0.15) is 65.7 Å².